The molecule has 0 bridgehead atoms. The quantitative estimate of drug-likeness (QED) is 0.687. The Morgan fingerprint density at radius 1 is 1.58 bits per heavy atom. The molecule has 1 aromatic heterocycles. The minimum absolute atomic E-state index is 0.188. The van der Waals surface area contributed by atoms with Gasteiger partial charge in [0.2, 0.25) is 0 Å². The van der Waals surface area contributed by atoms with Crippen LogP contribution < -0.4 is 4.90 Å². The number of rotatable bonds is 2. The smallest absolute Gasteiger partial charge is 0.160 e. The van der Waals surface area contributed by atoms with Crippen LogP contribution in [0.2, 0.25) is 0 Å². The van der Waals surface area contributed by atoms with Gasteiger partial charge in [0.05, 0.1) is 16.0 Å². The van der Waals surface area contributed by atoms with Crippen LogP contribution in [0.5, 0.6) is 0 Å². The third-order valence-electron chi connectivity index (χ3n) is 1.90. The van der Waals surface area contributed by atoms with Crippen LogP contribution in [0.3, 0.4) is 0 Å². The molecule has 3 nitrogen and oxygen atoms in total. The Morgan fingerprint density at radius 2 is 2.33 bits per heavy atom. The first-order valence-electron chi connectivity index (χ1n) is 3.77. The summed E-state index contributed by atoms with van der Waals surface area (Å²) in [6.45, 7) is 1.39. The molecule has 0 atom stereocenters. The Bertz CT molecular complexity index is 291. The van der Waals surface area contributed by atoms with E-state index in [-0.39, 0.29) is 6.10 Å². The van der Waals surface area contributed by atoms with Crippen LogP contribution in [0.25, 0.3) is 0 Å². The Labute approximate surface area is 74.2 Å². The molecular weight excluding hydrogens is 174 g/mol. The fourth-order valence-electron chi connectivity index (χ4n) is 1.21. The Balaban J connectivity index is 2.08. The van der Waals surface area contributed by atoms with Crippen molar-refractivity contribution in [2.75, 3.05) is 18.0 Å². The van der Waals surface area contributed by atoms with Crippen molar-refractivity contribution in [3.8, 4) is 0 Å². The maximum Gasteiger partial charge on any atom is 0.160 e. The van der Waals surface area contributed by atoms with E-state index < -0.39 is 0 Å². The average molecular weight is 183 g/mol. The summed E-state index contributed by atoms with van der Waals surface area (Å²) in [4.78, 5) is 13.2. The van der Waals surface area contributed by atoms with Crippen molar-refractivity contribution in [1.82, 2.24) is 0 Å². The van der Waals surface area contributed by atoms with E-state index in [4.69, 9.17) is 5.11 Å². The molecule has 0 saturated carbocycles. The summed E-state index contributed by atoms with van der Waals surface area (Å²) in [5.41, 5.74) is 0. The van der Waals surface area contributed by atoms with Crippen molar-refractivity contribution >= 4 is 22.6 Å². The number of anilines is 1. The highest BCUT2D eigenvalue weighted by Crippen LogP contribution is 2.28. The van der Waals surface area contributed by atoms with E-state index in [1.54, 1.807) is 6.07 Å². The molecule has 1 aliphatic heterocycles. The van der Waals surface area contributed by atoms with Gasteiger partial charge in [0.15, 0.2) is 6.29 Å². The number of hydrogen-bond donors (Lipinski definition) is 1. The van der Waals surface area contributed by atoms with Gasteiger partial charge < -0.3 is 10.0 Å². The number of β-amino-alcohol motifs (C(OH)–C–C–N with tert-alkyl or cyclic N) is 1. The van der Waals surface area contributed by atoms with Crippen molar-refractivity contribution < 1.29 is 9.90 Å². The molecular formula is C8H9NO2S. The second-order valence-electron chi connectivity index (χ2n) is 2.85. The number of carbonyl (C=O) groups excluding carboxylic acids is 1. The van der Waals surface area contributed by atoms with Gasteiger partial charge in [0, 0.05) is 13.1 Å². The Hall–Kier alpha value is -0.870. The third-order valence-corrected chi connectivity index (χ3v) is 2.97. The van der Waals surface area contributed by atoms with E-state index in [0.717, 1.165) is 16.2 Å². The lowest BCUT2D eigenvalue weighted by molar-refractivity contribution is 0.112. The van der Waals surface area contributed by atoms with Crippen LogP contribution in [0.15, 0.2) is 12.1 Å². The summed E-state index contributed by atoms with van der Waals surface area (Å²) in [5, 5.41) is 10.1. The average Bonchev–Trinajstić information content (AvgIpc) is 2.46. The topological polar surface area (TPSA) is 40.5 Å². The van der Waals surface area contributed by atoms with E-state index >= 15 is 0 Å². The zero-order valence-electron chi connectivity index (χ0n) is 6.43. The lowest BCUT2D eigenvalue weighted by Crippen LogP contribution is -2.50. The van der Waals surface area contributed by atoms with Gasteiger partial charge in [0.1, 0.15) is 0 Å². The Kier molecular flexibility index (Phi) is 1.86. The molecule has 0 unspecified atom stereocenters. The molecule has 0 radical (unpaired) electrons. The fraction of sp³-hybridized carbons (Fsp3) is 0.375. The van der Waals surface area contributed by atoms with Gasteiger partial charge in [-0.15, -0.1) is 11.3 Å². The van der Waals surface area contributed by atoms with Gasteiger partial charge in [-0.05, 0) is 12.1 Å². The molecule has 0 aromatic carbocycles. The molecule has 0 amide bonds. The molecule has 4 heteroatoms. The van der Waals surface area contributed by atoms with Gasteiger partial charge in [-0.2, -0.15) is 0 Å². The maximum absolute atomic E-state index is 10.4. The summed E-state index contributed by atoms with van der Waals surface area (Å²) in [6.07, 6.45) is 0.663. The van der Waals surface area contributed by atoms with Crippen LogP contribution in [0.1, 0.15) is 9.67 Å². The SMILES string of the molecule is O=Cc1ccc(N2CC(O)C2)s1. The molecule has 1 saturated heterocycles. The van der Waals surface area contributed by atoms with E-state index in [1.807, 2.05) is 6.07 Å². The molecule has 64 valence electrons. The highest BCUT2D eigenvalue weighted by Gasteiger charge is 2.25. The summed E-state index contributed by atoms with van der Waals surface area (Å²) in [7, 11) is 0. The number of nitrogens with zero attached hydrogens (tertiary/aromatic N) is 1. The summed E-state index contributed by atoms with van der Waals surface area (Å²) >= 11 is 1.47. The standard InChI is InChI=1S/C8H9NO2S/c10-5-7-1-2-8(12-7)9-3-6(11)4-9/h1-2,5-6,11H,3-4H2. The number of thiophene rings is 1. The molecule has 12 heavy (non-hydrogen) atoms. The summed E-state index contributed by atoms with van der Waals surface area (Å²) in [6, 6.07) is 3.72. The van der Waals surface area contributed by atoms with Crippen molar-refractivity contribution in [3.05, 3.63) is 17.0 Å². The predicted octanol–water partition coefficient (Wildman–Crippen LogP) is 0.742. The number of carbonyl (C=O) groups is 1. The summed E-state index contributed by atoms with van der Waals surface area (Å²) in [5.74, 6) is 0. The van der Waals surface area contributed by atoms with E-state index in [2.05, 4.69) is 4.90 Å². The number of aldehydes is 1. The highest BCUT2D eigenvalue weighted by atomic mass is 32.1. The third kappa shape index (κ3) is 1.23. The lowest BCUT2D eigenvalue weighted by atomic mass is 10.2. The van der Waals surface area contributed by atoms with Crippen molar-refractivity contribution in [1.29, 1.82) is 0 Å². The van der Waals surface area contributed by atoms with Crippen molar-refractivity contribution in [2.24, 2.45) is 0 Å². The van der Waals surface area contributed by atoms with Gasteiger partial charge in [-0.25, -0.2) is 0 Å². The molecule has 2 heterocycles. The molecule has 0 aliphatic carbocycles. The van der Waals surface area contributed by atoms with E-state index in [0.29, 0.717) is 13.1 Å². The monoisotopic (exact) mass is 183 g/mol. The normalized spacial score (nSPS) is 17.6. The van der Waals surface area contributed by atoms with Gasteiger partial charge in [-0.3, -0.25) is 4.79 Å². The Morgan fingerprint density at radius 3 is 2.83 bits per heavy atom. The first-order chi connectivity index (χ1) is 5.79. The number of aliphatic hydroxyl groups is 1. The number of hydrogen-bond acceptors (Lipinski definition) is 4. The predicted molar refractivity (Wildman–Crippen MR) is 47.9 cm³/mol. The minimum atomic E-state index is -0.188. The van der Waals surface area contributed by atoms with Crippen LogP contribution in [-0.4, -0.2) is 30.6 Å². The summed E-state index contributed by atoms with van der Waals surface area (Å²) < 4.78 is 0. The van der Waals surface area contributed by atoms with Gasteiger partial charge >= 0.3 is 0 Å². The second kappa shape index (κ2) is 2.88. The van der Waals surface area contributed by atoms with E-state index in [9.17, 15) is 4.79 Å². The first kappa shape index (κ1) is 7.76. The van der Waals surface area contributed by atoms with Crippen LogP contribution >= 0.6 is 11.3 Å². The second-order valence-corrected chi connectivity index (χ2v) is 3.95. The zero-order chi connectivity index (χ0) is 8.55. The van der Waals surface area contributed by atoms with Crippen molar-refractivity contribution in [2.45, 2.75) is 6.10 Å². The molecule has 1 N–H and O–H groups in total. The van der Waals surface area contributed by atoms with Gasteiger partial charge in [0.25, 0.3) is 0 Å². The molecule has 1 aromatic rings. The first-order valence-corrected chi connectivity index (χ1v) is 4.59. The molecule has 1 aliphatic rings. The molecule has 1 fully saturated rings. The number of aliphatic hydroxyl groups excluding tert-OH is 1. The maximum atomic E-state index is 10.4. The zero-order valence-corrected chi connectivity index (χ0v) is 7.25. The molecule has 0 spiro atoms. The fourth-order valence-corrected chi connectivity index (χ4v) is 2.05. The van der Waals surface area contributed by atoms with Crippen LogP contribution in [0, 0.1) is 0 Å². The lowest BCUT2D eigenvalue weighted by Gasteiger charge is -2.36. The minimum Gasteiger partial charge on any atom is -0.389 e. The van der Waals surface area contributed by atoms with E-state index in [1.165, 1.54) is 11.3 Å². The van der Waals surface area contributed by atoms with Crippen LogP contribution in [-0.2, 0) is 0 Å². The largest absolute Gasteiger partial charge is 0.389 e. The highest BCUT2D eigenvalue weighted by molar-refractivity contribution is 7.17. The molecule has 2 rings (SSSR count). The van der Waals surface area contributed by atoms with Crippen LogP contribution in [0.4, 0.5) is 5.00 Å². The van der Waals surface area contributed by atoms with Crippen molar-refractivity contribution in [3.63, 3.8) is 0 Å². The van der Waals surface area contributed by atoms with Gasteiger partial charge in [-0.1, -0.05) is 0 Å².